The zero-order valence-corrected chi connectivity index (χ0v) is 23.3. The van der Waals surface area contributed by atoms with Crippen LogP contribution in [0.15, 0.2) is 60.7 Å². The van der Waals surface area contributed by atoms with E-state index in [9.17, 15) is 14.3 Å². The minimum Gasteiger partial charge on any atom is -0.478 e. The van der Waals surface area contributed by atoms with Crippen molar-refractivity contribution in [2.24, 2.45) is 0 Å². The van der Waals surface area contributed by atoms with Gasteiger partial charge >= 0.3 is 5.97 Å². The number of aromatic nitrogens is 3. The van der Waals surface area contributed by atoms with E-state index < -0.39 is 5.97 Å². The van der Waals surface area contributed by atoms with Crippen molar-refractivity contribution in [1.82, 2.24) is 19.4 Å². The number of hydrogen-bond acceptors (Lipinski definition) is 6. The summed E-state index contributed by atoms with van der Waals surface area (Å²) in [5.74, 6) is 5.67. The number of rotatable bonds is 9. The molecule has 2 aliphatic rings. The van der Waals surface area contributed by atoms with Gasteiger partial charge in [-0.1, -0.05) is 24.1 Å². The van der Waals surface area contributed by atoms with Gasteiger partial charge in [-0.15, -0.1) is 5.92 Å². The van der Waals surface area contributed by atoms with Crippen LogP contribution >= 0.6 is 0 Å². The molecule has 1 atom stereocenters. The highest BCUT2D eigenvalue weighted by atomic mass is 19.1. The number of nitrogens with zero attached hydrogens (tertiary/aromatic N) is 4. The molecule has 9 heteroatoms. The average Bonchev–Trinajstić information content (AvgIpc) is 3.31. The fraction of sp³-hybridized carbons (Fsp3) is 0.303. The normalized spacial score (nSPS) is 16.8. The molecule has 0 bridgehead atoms. The number of ether oxygens (including phenoxy) is 2. The number of aromatic carboxylic acids is 1. The number of imidazole rings is 1. The molecule has 6 rings (SSSR count). The smallest absolute Gasteiger partial charge is 0.335 e. The number of fused-ring (bicyclic) bond motifs is 1. The lowest BCUT2D eigenvalue weighted by Crippen LogP contribution is -2.33. The highest BCUT2D eigenvalue weighted by Crippen LogP contribution is 2.26. The Kier molecular flexibility index (Phi) is 8.00. The Labute approximate surface area is 243 Å². The fourth-order valence-electron chi connectivity index (χ4n) is 5.26. The Bertz CT molecular complexity index is 1730. The van der Waals surface area contributed by atoms with Crippen LogP contribution in [0.3, 0.4) is 0 Å². The monoisotopic (exact) mass is 566 g/mol. The van der Waals surface area contributed by atoms with Gasteiger partial charge < -0.3 is 19.1 Å². The van der Waals surface area contributed by atoms with Gasteiger partial charge in [0.25, 0.3) is 0 Å². The summed E-state index contributed by atoms with van der Waals surface area (Å²) < 4.78 is 28.1. The second kappa shape index (κ2) is 12.1. The zero-order chi connectivity index (χ0) is 29.1. The third kappa shape index (κ3) is 6.05. The number of hydrogen-bond donors (Lipinski definition) is 1. The van der Waals surface area contributed by atoms with Crippen molar-refractivity contribution in [3.8, 4) is 17.7 Å². The maximum Gasteiger partial charge on any atom is 0.335 e. The summed E-state index contributed by atoms with van der Waals surface area (Å²) in [5.41, 5.74) is 4.91. The number of carbonyl (C=O) groups is 1. The lowest BCUT2D eigenvalue weighted by molar-refractivity contribution is -0.0591. The number of halogens is 1. The van der Waals surface area contributed by atoms with Crippen molar-refractivity contribution in [2.45, 2.75) is 45.6 Å². The van der Waals surface area contributed by atoms with Crippen molar-refractivity contribution < 1.29 is 23.8 Å². The number of carboxylic acid groups (broad SMARTS) is 1. The molecule has 2 aromatic carbocycles. The number of benzene rings is 2. The van der Waals surface area contributed by atoms with Crippen LogP contribution in [0.5, 0.6) is 5.88 Å². The van der Waals surface area contributed by atoms with Crippen molar-refractivity contribution in [1.29, 1.82) is 0 Å². The Morgan fingerprint density at radius 1 is 1.19 bits per heavy atom. The van der Waals surface area contributed by atoms with Crippen LogP contribution in [0.25, 0.3) is 16.6 Å². The second-order valence-electron chi connectivity index (χ2n) is 10.5. The Hall–Kier alpha value is -4.52. The van der Waals surface area contributed by atoms with E-state index in [1.165, 1.54) is 6.07 Å². The van der Waals surface area contributed by atoms with Gasteiger partial charge in [0.2, 0.25) is 5.88 Å². The molecular formula is C33H31FN4O4. The third-order valence-corrected chi connectivity index (χ3v) is 7.66. The maximum absolute atomic E-state index is 14.4. The van der Waals surface area contributed by atoms with Crippen LogP contribution in [-0.2, 0) is 24.4 Å². The minimum absolute atomic E-state index is 0.0792. The van der Waals surface area contributed by atoms with Crippen LogP contribution in [0.4, 0.5) is 4.39 Å². The molecular weight excluding hydrogens is 535 g/mol. The highest BCUT2D eigenvalue weighted by molar-refractivity contribution is 5.92. The molecule has 8 nitrogen and oxygen atoms in total. The van der Waals surface area contributed by atoms with E-state index in [1.54, 1.807) is 43.3 Å². The predicted molar refractivity (Wildman–Crippen MR) is 156 cm³/mol. The molecule has 42 heavy (non-hydrogen) atoms. The lowest BCUT2D eigenvalue weighted by Gasteiger charge is -2.29. The maximum atomic E-state index is 14.4. The fourth-order valence-corrected chi connectivity index (χ4v) is 5.26. The molecule has 0 aliphatic carbocycles. The second-order valence-corrected chi connectivity index (χ2v) is 10.5. The average molecular weight is 567 g/mol. The third-order valence-electron chi connectivity index (χ3n) is 7.66. The summed E-state index contributed by atoms with van der Waals surface area (Å²) >= 11 is 0. The van der Waals surface area contributed by atoms with Gasteiger partial charge in [-0.05, 0) is 61.7 Å². The molecule has 4 heterocycles. The molecule has 2 aromatic heterocycles. The molecule has 1 N–H and O–H groups in total. The first kappa shape index (κ1) is 27.6. The standard InChI is InChI=1S/C33H31FN4O4/c1-2-4-22-7-8-25(27(34)17-22)21-42-32-6-3-5-28(36-32)23-11-14-37(15-12-23)20-31-35-29-10-9-24(33(39)40)18-30(29)38(31)19-26-13-16-41-26/h3,5-11,17-18,26H,12-16,19-21H2,1H3,(H,39,40)/t26-/m0/s1. The van der Waals surface area contributed by atoms with Crippen LogP contribution < -0.4 is 4.74 Å². The van der Waals surface area contributed by atoms with Gasteiger partial charge in [0.15, 0.2) is 0 Å². The van der Waals surface area contributed by atoms with Crippen molar-refractivity contribution in [3.05, 3.63) is 94.7 Å². The zero-order valence-electron chi connectivity index (χ0n) is 23.3. The molecule has 0 radical (unpaired) electrons. The largest absolute Gasteiger partial charge is 0.478 e. The lowest BCUT2D eigenvalue weighted by atomic mass is 10.0. The van der Waals surface area contributed by atoms with Gasteiger partial charge in [-0.2, -0.15) is 0 Å². The first-order chi connectivity index (χ1) is 20.5. The van der Waals surface area contributed by atoms with E-state index >= 15 is 0 Å². The van der Waals surface area contributed by atoms with Crippen molar-refractivity contribution in [2.75, 3.05) is 19.7 Å². The number of carboxylic acids is 1. The van der Waals surface area contributed by atoms with E-state index in [-0.39, 0.29) is 24.1 Å². The molecule has 1 saturated heterocycles. The van der Waals surface area contributed by atoms with Crippen molar-refractivity contribution >= 4 is 22.6 Å². The minimum atomic E-state index is -0.952. The summed E-state index contributed by atoms with van der Waals surface area (Å²) in [6.07, 6.45) is 4.08. The molecule has 1 fully saturated rings. The van der Waals surface area contributed by atoms with Gasteiger partial charge in [0, 0.05) is 36.9 Å². The van der Waals surface area contributed by atoms with E-state index in [1.807, 2.05) is 12.1 Å². The van der Waals surface area contributed by atoms with Crippen molar-refractivity contribution in [3.63, 3.8) is 0 Å². The molecule has 2 aliphatic heterocycles. The first-order valence-electron chi connectivity index (χ1n) is 14.0. The topological polar surface area (TPSA) is 89.7 Å². The van der Waals surface area contributed by atoms with Crippen LogP contribution in [0.1, 0.15) is 52.8 Å². The van der Waals surface area contributed by atoms with Crippen LogP contribution in [-0.4, -0.2) is 56.3 Å². The van der Waals surface area contributed by atoms with Gasteiger partial charge in [-0.3, -0.25) is 4.90 Å². The van der Waals surface area contributed by atoms with E-state index in [2.05, 4.69) is 32.4 Å². The van der Waals surface area contributed by atoms with Crippen LogP contribution in [0, 0.1) is 17.7 Å². The Balaban J connectivity index is 1.13. The highest BCUT2D eigenvalue weighted by Gasteiger charge is 2.24. The molecule has 214 valence electrons. The summed E-state index contributed by atoms with van der Waals surface area (Å²) in [5, 5.41) is 9.50. The summed E-state index contributed by atoms with van der Waals surface area (Å²) in [6.45, 7) is 5.39. The summed E-state index contributed by atoms with van der Waals surface area (Å²) in [4.78, 5) is 23.4. The Morgan fingerprint density at radius 2 is 2.07 bits per heavy atom. The van der Waals surface area contributed by atoms with Crippen LogP contribution in [0.2, 0.25) is 0 Å². The van der Waals surface area contributed by atoms with Gasteiger partial charge in [0.1, 0.15) is 18.2 Å². The molecule has 0 spiro atoms. The van der Waals surface area contributed by atoms with E-state index in [4.69, 9.17) is 14.5 Å². The molecule has 0 saturated carbocycles. The number of pyridine rings is 1. The molecule has 0 amide bonds. The molecule has 4 aromatic rings. The predicted octanol–water partition coefficient (Wildman–Crippen LogP) is 5.30. The first-order valence-corrected chi connectivity index (χ1v) is 14.0. The molecule has 0 unspecified atom stereocenters. The summed E-state index contributed by atoms with van der Waals surface area (Å²) in [6, 6.07) is 15.6. The van der Waals surface area contributed by atoms with Gasteiger partial charge in [0.05, 0.1) is 41.5 Å². The van der Waals surface area contributed by atoms with E-state index in [0.717, 1.165) is 60.7 Å². The summed E-state index contributed by atoms with van der Waals surface area (Å²) in [7, 11) is 0. The van der Waals surface area contributed by atoms with E-state index in [0.29, 0.717) is 30.1 Å². The van der Waals surface area contributed by atoms with Gasteiger partial charge in [-0.25, -0.2) is 19.2 Å². The Morgan fingerprint density at radius 3 is 2.79 bits per heavy atom. The SMILES string of the molecule is CC#Cc1ccc(COc2cccc(C3=CCN(Cc4nc5ccc(C(=O)O)cc5n4C[C@@H]4CCO4)CC3)n2)c(F)c1. The quantitative estimate of drug-likeness (QED) is 0.275.